The summed E-state index contributed by atoms with van der Waals surface area (Å²) in [6.07, 6.45) is 3.46. The van der Waals surface area contributed by atoms with Crippen LogP contribution in [0.25, 0.3) is 11.1 Å². The minimum Gasteiger partial charge on any atom is -0.492 e. The Bertz CT molecular complexity index is 1410. The minimum atomic E-state index is -0.600. The molecule has 2 fully saturated rings. The number of anilines is 2. The molecule has 2 aromatic carbocycles. The number of rotatable bonds is 13. The average Bonchev–Trinajstić information content (AvgIpc) is 3.08. The Morgan fingerprint density at radius 1 is 0.787 bits per heavy atom. The Morgan fingerprint density at radius 3 is 2.00 bits per heavy atom. The molecule has 2 saturated heterocycles. The molecule has 12 heteroatoms. The fraction of sp³-hybridized carbons (Fsp3) is 0.486. The van der Waals surface area contributed by atoms with Gasteiger partial charge in [0.2, 0.25) is 5.95 Å². The number of amides is 1. The zero-order chi connectivity index (χ0) is 33.1. The van der Waals surface area contributed by atoms with Gasteiger partial charge in [0.1, 0.15) is 24.5 Å². The molecule has 0 spiro atoms. The summed E-state index contributed by atoms with van der Waals surface area (Å²) in [5.74, 6) is 0.477. The van der Waals surface area contributed by atoms with Crippen LogP contribution in [0, 0.1) is 0 Å². The van der Waals surface area contributed by atoms with Crippen LogP contribution in [0.15, 0.2) is 60.9 Å². The van der Waals surface area contributed by atoms with Gasteiger partial charge < -0.3 is 24.8 Å². The normalized spacial score (nSPS) is 16.4. The van der Waals surface area contributed by atoms with Gasteiger partial charge in [-0.15, -0.1) is 0 Å². The van der Waals surface area contributed by atoms with Crippen LogP contribution >= 0.6 is 0 Å². The molecular formula is C35H47N7O5. The number of nitrogens with one attached hydrogen (secondary N) is 2. The molecule has 0 atom stereocenters. The van der Waals surface area contributed by atoms with Gasteiger partial charge in [-0.25, -0.2) is 9.97 Å². The van der Waals surface area contributed by atoms with Crippen molar-refractivity contribution in [3.05, 3.63) is 66.5 Å². The molecule has 2 aliphatic rings. The SMILES string of the molecule is CC(C)(C)OC(=O)CNC(=O)c1ccc(-c2cnc(Nc3ccc(OCCN4CCN(CCN5CCOCC5)CC4)cc3)nc2)cc1. The lowest BCUT2D eigenvalue weighted by atomic mass is 10.1. The Balaban J connectivity index is 0.995. The molecular weight excluding hydrogens is 598 g/mol. The van der Waals surface area contributed by atoms with Crippen LogP contribution in [-0.2, 0) is 14.3 Å². The van der Waals surface area contributed by atoms with Gasteiger partial charge >= 0.3 is 5.97 Å². The summed E-state index contributed by atoms with van der Waals surface area (Å²) in [6, 6.07) is 14.8. The lowest BCUT2D eigenvalue weighted by Gasteiger charge is -2.36. The van der Waals surface area contributed by atoms with Gasteiger partial charge in [-0.2, -0.15) is 0 Å². The van der Waals surface area contributed by atoms with E-state index < -0.39 is 11.6 Å². The van der Waals surface area contributed by atoms with Crippen LogP contribution in [0.4, 0.5) is 11.6 Å². The summed E-state index contributed by atoms with van der Waals surface area (Å²) in [4.78, 5) is 40.7. The Hall–Kier alpha value is -4.10. The van der Waals surface area contributed by atoms with E-state index in [2.05, 4.69) is 35.3 Å². The minimum absolute atomic E-state index is 0.190. The summed E-state index contributed by atoms with van der Waals surface area (Å²) < 4.78 is 16.7. The molecule has 2 N–H and O–H groups in total. The second kappa shape index (κ2) is 16.6. The summed E-state index contributed by atoms with van der Waals surface area (Å²) in [5, 5.41) is 5.81. The zero-order valence-electron chi connectivity index (χ0n) is 27.7. The molecule has 0 bridgehead atoms. The number of morpholine rings is 1. The van der Waals surface area contributed by atoms with E-state index in [1.54, 1.807) is 45.3 Å². The smallest absolute Gasteiger partial charge is 0.325 e. The topological polar surface area (TPSA) is 121 Å². The monoisotopic (exact) mass is 645 g/mol. The van der Waals surface area contributed by atoms with Gasteiger partial charge in [0.15, 0.2) is 0 Å². The first-order valence-corrected chi connectivity index (χ1v) is 16.4. The second-order valence-corrected chi connectivity index (χ2v) is 12.8. The largest absolute Gasteiger partial charge is 0.492 e. The number of esters is 1. The average molecular weight is 646 g/mol. The summed E-state index contributed by atoms with van der Waals surface area (Å²) in [5.41, 5.74) is 2.39. The summed E-state index contributed by atoms with van der Waals surface area (Å²) in [6.45, 7) is 17.2. The van der Waals surface area contributed by atoms with Crippen molar-refractivity contribution < 1.29 is 23.8 Å². The van der Waals surface area contributed by atoms with E-state index in [4.69, 9.17) is 14.2 Å². The highest BCUT2D eigenvalue weighted by atomic mass is 16.6. The Kier molecular flexibility index (Phi) is 12.1. The number of hydrogen-bond donors (Lipinski definition) is 2. The lowest BCUT2D eigenvalue weighted by molar-refractivity contribution is -0.153. The van der Waals surface area contributed by atoms with E-state index >= 15 is 0 Å². The number of benzene rings is 2. The second-order valence-electron chi connectivity index (χ2n) is 12.8. The third kappa shape index (κ3) is 11.3. The number of hydrogen-bond acceptors (Lipinski definition) is 11. The first-order valence-electron chi connectivity index (χ1n) is 16.4. The first kappa shape index (κ1) is 34.2. The standard InChI is InChI=1S/C35H47N7O5/c1-35(2,3)47-32(43)26-36-33(44)28-6-4-27(5-7-28)29-24-37-34(38-25-29)39-30-8-10-31(11-9-30)46-23-20-41-15-12-40(13-16-41)14-17-42-18-21-45-22-19-42/h4-11,24-25H,12-23,26H2,1-3H3,(H,36,44)(H,37,38,39). The molecule has 0 saturated carbocycles. The van der Waals surface area contributed by atoms with Crippen molar-refractivity contribution in [2.75, 3.05) is 90.6 Å². The van der Waals surface area contributed by atoms with E-state index in [-0.39, 0.29) is 12.5 Å². The van der Waals surface area contributed by atoms with Gasteiger partial charge in [-0.05, 0) is 62.7 Å². The maximum atomic E-state index is 12.4. The molecule has 5 rings (SSSR count). The summed E-state index contributed by atoms with van der Waals surface area (Å²) >= 11 is 0. The quantitative estimate of drug-likeness (QED) is 0.267. The van der Waals surface area contributed by atoms with E-state index in [9.17, 15) is 9.59 Å². The van der Waals surface area contributed by atoms with Crippen LogP contribution in [0.5, 0.6) is 5.75 Å². The molecule has 1 amide bonds. The molecule has 0 aliphatic carbocycles. The molecule has 3 heterocycles. The van der Waals surface area contributed by atoms with Crippen LogP contribution in [0.3, 0.4) is 0 Å². The highest BCUT2D eigenvalue weighted by molar-refractivity contribution is 5.96. The van der Waals surface area contributed by atoms with Gasteiger partial charge in [0, 0.05) is 88.1 Å². The van der Waals surface area contributed by atoms with Crippen LogP contribution in [-0.4, -0.2) is 127 Å². The fourth-order valence-electron chi connectivity index (χ4n) is 5.39. The highest BCUT2D eigenvalue weighted by Gasteiger charge is 2.19. The maximum Gasteiger partial charge on any atom is 0.325 e. The molecule has 0 unspecified atom stereocenters. The van der Waals surface area contributed by atoms with Crippen molar-refractivity contribution in [3.8, 4) is 16.9 Å². The Morgan fingerprint density at radius 2 is 1.38 bits per heavy atom. The van der Waals surface area contributed by atoms with Crippen molar-refractivity contribution in [2.45, 2.75) is 26.4 Å². The molecule has 2 aliphatic heterocycles. The van der Waals surface area contributed by atoms with E-state index in [0.717, 1.165) is 94.7 Å². The van der Waals surface area contributed by atoms with Gasteiger partial charge in [-0.1, -0.05) is 12.1 Å². The van der Waals surface area contributed by atoms with Gasteiger partial charge in [0.05, 0.1) is 13.2 Å². The number of aromatic nitrogens is 2. The zero-order valence-corrected chi connectivity index (χ0v) is 27.7. The molecule has 3 aromatic rings. The predicted octanol–water partition coefficient (Wildman–Crippen LogP) is 3.29. The maximum absolute atomic E-state index is 12.4. The van der Waals surface area contributed by atoms with Gasteiger partial charge in [0.25, 0.3) is 5.91 Å². The predicted molar refractivity (Wildman–Crippen MR) is 181 cm³/mol. The Labute approximate surface area is 277 Å². The molecule has 1 aromatic heterocycles. The third-order valence-electron chi connectivity index (χ3n) is 8.03. The number of nitrogens with zero attached hydrogens (tertiary/aromatic N) is 5. The fourth-order valence-corrected chi connectivity index (χ4v) is 5.39. The van der Waals surface area contributed by atoms with E-state index in [0.29, 0.717) is 18.1 Å². The van der Waals surface area contributed by atoms with Crippen molar-refractivity contribution in [1.29, 1.82) is 0 Å². The van der Waals surface area contributed by atoms with Crippen molar-refractivity contribution in [3.63, 3.8) is 0 Å². The third-order valence-corrected chi connectivity index (χ3v) is 8.03. The lowest BCUT2D eigenvalue weighted by Crippen LogP contribution is -2.50. The van der Waals surface area contributed by atoms with Crippen molar-refractivity contribution in [1.82, 2.24) is 30.0 Å². The number of carbonyl (C=O) groups is 2. The molecule has 47 heavy (non-hydrogen) atoms. The first-order chi connectivity index (χ1) is 22.7. The van der Waals surface area contributed by atoms with E-state index in [1.807, 2.05) is 36.4 Å². The van der Waals surface area contributed by atoms with Gasteiger partial charge in [-0.3, -0.25) is 24.3 Å². The molecule has 12 nitrogen and oxygen atoms in total. The summed E-state index contributed by atoms with van der Waals surface area (Å²) in [7, 11) is 0. The van der Waals surface area contributed by atoms with Crippen molar-refractivity contribution >= 4 is 23.5 Å². The van der Waals surface area contributed by atoms with E-state index in [1.165, 1.54) is 0 Å². The van der Waals surface area contributed by atoms with Crippen LogP contribution in [0.1, 0.15) is 31.1 Å². The van der Waals surface area contributed by atoms with Crippen LogP contribution in [0.2, 0.25) is 0 Å². The highest BCUT2D eigenvalue weighted by Crippen LogP contribution is 2.22. The molecule has 0 radical (unpaired) electrons. The number of ether oxygens (including phenoxy) is 3. The van der Waals surface area contributed by atoms with Crippen LogP contribution < -0.4 is 15.4 Å². The number of piperazine rings is 1. The van der Waals surface area contributed by atoms with Crippen molar-refractivity contribution in [2.24, 2.45) is 0 Å². The molecule has 252 valence electrons. The number of carbonyl (C=O) groups excluding carboxylic acids is 2.